The number of halogens is 1. The first-order chi connectivity index (χ1) is 9.60. The molecule has 0 radical (unpaired) electrons. The Balaban J connectivity index is 2.20. The van der Waals surface area contributed by atoms with Crippen molar-refractivity contribution in [2.75, 3.05) is 5.32 Å². The van der Waals surface area contributed by atoms with Crippen molar-refractivity contribution in [1.29, 1.82) is 5.26 Å². The van der Waals surface area contributed by atoms with Gasteiger partial charge in [-0.25, -0.2) is 4.98 Å². The first kappa shape index (κ1) is 13.8. The lowest BCUT2D eigenvalue weighted by Crippen LogP contribution is -2.16. The van der Waals surface area contributed by atoms with Gasteiger partial charge in [0.1, 0.15) is 5.82 Å². The normalized spacial score (nSPS) is 9.80. The van der Waals surface area contributed by atoms with E-state index in [-0.39, 0.29) is 16.7 Å². The van der Waals surface area contributed by atoms with E-state index in [4.69, 9.17) is 22.6 Å². The Hall–Kier alpha value is -2.65. The molecule has 2 rings (SSSR count). The van der Waals surface area contributed by atoms with Crippen molar-refractivity contribution in [2.24, 2.45) is 5.73 Å². The van der Waals surface area contributed by atoms with Crippen LogP contribution in [0.2, 0.25) is 5.28 Å². The van der Waals surface area contributed by atoms with Gasteiger partial charge in [0.2, 0.25) is 5.28 Å². The summed E-state index contributed by atoms with van der Waals surface area (Å²) < 4.78 is 0. The topological polar surface area (TPSA) is 105 Å². The van der Waals surface area contributed by atoms with Crippen LogP contribution in [0.1, 0.15) is 21.5 Å². The number of hydrogen-bond donors (Lipinski definition) is 2. The molecule has 0 bridgehead atoms. The van der Waals surface area contributed by atoms with E-state index < -0.39 is 5.91 Å². The van der Waals surface area contributed by atoms with Gasteiger partial charge in [-0.2, -0.15) is 10.2 Å². The molecular weight excluding hydrogens is 278 g/mol. The van der Waals surface area contributed by atoms with Crippen LogP contribution in [0, 0.1) is 11.3 Å². The second kappa shape index (κ2) is 5.99. The number of nitrogens with zero attached hydrogens (tertiary/aromatic N) is 3. The molecule has 0 aliphatic heterocycles. The first-order valence-electron chi connectivity index (χ1n) is 5.65. The highest BCUT2D eigenvalue weighted by molar-refractivity contribution is 6.28. The zero-order chi connectivity index (χ0) is 14.5. The summed E-state index contributed by atoms with van der Waals surface area (Å²) in [6.07, 6.45) is 1.27. The van der Waals surface area contributed by atoms with Crippen LogP contribution in [0.3, 0.4) is 0 Å². The first-order valence-corrected chi connectivity index (χ1v) is 6.03. The van der Waals surface area contributed by atoms with Gasteiger partial charge in [0.25, 0.3) is 5.91 Å². The highest BCUT2D eigenvalue weighted by Gasteiger charge is 2.11. The molecule has 0 saturated heterocycles. The van der Waals surface area contributed by atoms with E-state index in [1.807, 2.05) is 6.07 Å². The van der Waals surface area contributed by atoms with Crippen LogP contribution < -0.4 is 11.1 Å². The number of carbonyl (C=O) groups is 1. The summed E-state index contributed by atoms with van der Waals surface area (Å²) in [7, 11) is 0. The molecule has 3 N–H and O–H groups in total. The smallest absolute Gasteiger partial charge is 0.254 e. The highest BCUT2D eigenvalue weighted by Crippen LogP contribution is 2.15. The lowest BCUT2D eigenvalue weighted by molar-refractivity contribution is 0.100. The molecule has 1 heterocycles. The third kappa shape index (κ3) is 3.22. The Morgan fingerprint density at radius 1 is 1.50 bits per heavy atom. The van der Waals surface area contributed by atoms with Gasteiger partial charge in [0.05, 0.1) is 17.2 Å². The van der Waals surface area contributed by atoms with E-state index in [0.29, 0.717) is 12.1 Å². The zero-order valence-electron chi connectivity index (χ0n) is 10.3. The van der Waals surface area contributed by atoms with Gasteiger partial charge in [-0.05, 0) is 29.3 Å². The van der Waals surface area contributed by atoms with Gasteiger partial charge in [0.15, 0.2) is 0 Å². The van der Waals surface area contributed by atoms with Gasteiger partial charge in [-0.1, -0.05) is 12.1 Å². The minimum atomic E-state index is -0.644. The van der Waals surface area contributed by atoms with Crippen LogP contribution in [0.4, 0.5) is 5.82 Å². The highest BCUT2D eigenvalue weighted by atomic mass is 35.5. The van der Waals surface area contributed by atoms with E-state index in [9.17, 15) is 4.79 Å². The van der Waals surface area contributed by atoms with Gasteiger partial charge in [0, 0.05) is 12.7 Å². The maximum absolute atomic E-state index is 11.3. The fourth-order valence-electron chi connectivity index (χ4n) is 1.61. The predicted octanol–water partition coefficient (Wildman–Crippen LogP) is 1.71. The Labute approximate surface area is 120 Å². The van der Waals surface area contributed by atoms with Crippen molar-refractivity contribution < 1.29 is 4.79 Å². The minimum Gasteiger partial charge on any atom is -0.365 e. The van der Waals surface area contributed by atoms with Crippen LogP contribution in [0.25, 0.3) is 0 Å². The minimum absolute atomic E-state index is 0.0169. The molecule has 20 heavy (non-hydrogen) atoms. The lowest BCUT2D eigenvalue weighted by atomic mass is 10.1. The molecule has 0 fully saturated rings. The summed E-state index contributed by atoms with van der Waals surface area (Å²) >= 11 is 5.69. The maximum Gasteiger partial charge on any atom is 0.254 e. The van der Waals surface area contributed by atoms with Crippen LogP contribution in [-0.2, 0) is 6.54 Å². The number of amides is 1. The standard InChI is InChI=1S/C13H10ClN5O/c14-13-18-7-10(11(16)20)12(19-13)17-6-9-3-1-2-8(4-9)5-15/h1-4,7H,6H2,(H2,16,20)(H,17,18,19). The van der Waals surface area contributed by atoms with E-state index in [0.717, 1.165) is 5.56 Å². The number of benzene rings is 1. The van der Waals surface area contributed by atoms with E-state index in [1.54, 1.807) is 18.2 Å². The SMILES string of the molecule is N#Cc1cccc(CNc2nc(Cl)ncc2C(N)=O)c1. The van der Waals surface area contributed by atoms with Gasteiger partial charge in [-0.3, -0.25) is 4.79 Å². The van der Waals surface area contributed by atoms with Crippen molar-refractivity contribution in [3.05, 3.63) is 52.4 Å². The van der Waals surface area contributed by atoms with Crippen LogP contribution in [0.5, 0.6) is 0 Å². The molecule has 0 aliphatic carbocycles. The van der Waals surface area contributed by atoms with Gasteiger partial charge >= 0.3 is 0 Å². The van der Waals surface area contributed by atoms with Crippen LogP contribution in [0.15, 0.2) is 30.5 Å². The molecule has 7 heteroatoms. The predicted molar refractivity (Wildman–Crippen MR) is 74.0 cm³/mol. The lowest BCUT2D eigenvalue weighted by Gasteiger charge is -2.09. The summed E-state index contributed by atoms with van der Waals surface area (Å²) in [5.41, 5.74) is 6.82. The van der Waals surface area contributed by atoms with Crippen molar-refractivity contribution in [3.63, 3.8) is 0 Å². The average Bonchev–Trinajstić information content (AvgIpc) is 2.45. The van der Waals surface area contributed by atoms with E-state index in [2.05, 4.69) is 21.4 Å². The number of rotatable bonds is 4. The molecule has 0 atom stereocenters. The number of aromatic nitrogens is 2. The Morgan fingerprint density at radius 3 is 3.00 bits per heavy atom. The molecule has 0 unspecified atom stereocenters. The van der Waals surface area contributed by atoms with E-state index >= 15 is 0 Å². The average molecular weight is 288 g/mol. The van der Waals surface area contributed by atoms with Gasteiger partial charge < -0.3 is 11.1 Å². The molecule has 0 saturated carbocycles. The van der Waals surface area contributed by atoms with E-state index in [1.165, 1.54) is 6.20 Å². The third-order valence-electron chi connectivity index (χ3n) is 2.54. The monoisotopic (exact) mass is 287 g/mol. The van der Waals surface area contributed by atoms with Crippen molar-refractivity contribution in [3.8, 4) is 6.07 Å². The second-order valence-corrected chi connectivity index (χ2v) is 4.27. The van der Waals surface area contributed by atoms with Crippen molar-refractivity contribution >= 4 is 23.3 Å². The zero-order valence-corrected chi connectivity index (χ0v) is 11.1. The fourth-order valence-corrected chi connectivity index (χ4v) is 1.75. The Bertz CT molecular complexity index is 695. The number of primary amides is 1. The molecule has 1 amide bonds. The summed E-state index contributed by atoms with van der Waals surface area (Å²) in [4.78, 5) is 18.9. The van der Waals surface area contributed by atoms with Gasteiger partial charge in [-0.15, -0.1) is 0 Å². The molecule has 1 aromatic carbocycles. The number of carbonyl (C=O) groups excluding carboxylic acids is 1. The Kier molecular flexibility index (Phi) is 4.13. The van der Waals surface area contributed by atoms with Crippen LogP contribution >= 0.6 is 11.6 Å². The molecule has 6 nitrogen and oxygen atoms in total. The van der Waals surface area contributed by atoms with Crippen molar-refractivity contribution in [2.45, 2.75) is 6.54 Å². The fraction of sp³-hybridized carbons (Fsp3) is 0.0769. The molecule has 100 valence electrons. The second-order valence-electron chi connectivity index (χ2n) is 3.93. The number of anilines is 1. The maximum atomic E-state index is 11.3. The number of nitriles is 1. The molecule has 0 spiro atoms. The largest absolute Gasteiger partial charge is 0.365 e. The quantitative estimate of drug-likeness (QED) is 0.833. The van der Waals surface area contributed by atoms with Crippen molar-refractivity contribution in [1.82, 2.24) is 9.97 Å². The van der Waals surface area contributed by atoms with Crippen LogP contribution in [-0.4, -0.2) is 15.9 Å². The molecule has 0 aliphatic rings. The number of nitrogens with one attached hydrogen (secondary N) is 1. The molecular formula is C13H10ClN5O. The molecule has 1 aromatic heterocycles. The summed E-state index contributed by atoms with van der Waals surface area (Å²) in [5, 5.41) is 11.8. The summed E-state index contributed by atoms with van der Waals surface area (Å²) in [5.74, 6) is -0.380. The number of hydrogen-bond acceptors (Lipinski definition) is 5. The third-order valence-corrected chi connectivity index (χ3v) is 2.72. The summed E-state index contributed by atoms with van der Waals surface area (Å²) in [6, 6.07) is 9.12. The summed E-state index contributed by atoms with van der Waals surface area (Å²) in [6.45, 7) is 0.378. The number of nitrogens with two attached hydrogens (primary N) is 1. The Morgan fingerprint density at radius 2 is 2.30 bits per heavy atom. The molecule has 2 aromatic rings.